The second-order valence-electron chi connectivity index (χ2n) is 5.74. The smallest absolute Gasteiger partial charge is 0.136 e. The molecule has 0 saturated heterocycles. The first-order chi connectivity index (χ1) is 9.66. The van der Waals surface area contributed by atoms with Crippen LogP contribution < -0.4 is 10.6 Å². The molecule has 0 radical (unpaired) electrons. The Kier molecular flexibility index (Phi) is 4.81. The van der Waals surface area contributed by atoms with Gasteiger partial charge in [-0.2, -0.15) is 0 Å². The minimum absolute atomic E-state index is 0.0650. The largest absolute Gasteiger partial charge is 0.396 e. The quantitative estimate of drug-likeness (QED) is 0.682. The van der Waals surface area contributed by atoms with Gasteiger partial charge in [0.25, 0.3) is 0 Å². The Morgan fingerprint density at radius 1 is 1.25 bits per heavy atom. The van der Waals surface area contributed by atoms with E-state index in [9.17, 15) is 5.11 Å². The van der Waals surface area contributed by atoms with Gasteiger partial charge < -0.3 is 15.7 Å². The zero-order valence-corrected chi connectivity index (χ0v) is 12.7. The molecule has 1 heterocycles. The molecule has 0 aliphatic heterocycles. The first kappa shape index (κ1) is 15.0. The van der Waals surface area contributed by atoms with Crippen LogP contribution in [0, 0.1) is 5.41 Å². The van der Waals surface area contributed by atoms with E-state index in [0.29, 0.717) is 5.92 Å². The standard InChI is InChI=1S/C15H26N4O/c1-4-15(5-2,10-20)9-17-13-8-12(16-3)18-14(19-13)11-6-7-11/h8,11,20H,4-7,9-10H2,1-3H3,(H2,16,17,18,19). The Balaban J connectivity index is 2.10. The maximum Gasteiger partial charge on any atom is 0.136 e. The Morgan fingerprint density at radius 2 is 1.90 bits per heavy atom. The summed E-state index contributed by atoms with van der Waals surface area (Å²) in [7, 11) is 1.87. The third kappa shape index (κ3) is 3.39. The number of aliphatic hydroxyl groups excluding tert-OH is 1. The van der Waals surface area contributed by atoms with Crippen LogP contribution in [0.1, 0.15) is 51.3 Å². The summed E-state index contributed by atoms with van der Waals surface area (Å²) in [4.78, 5) is 9.11. The van der Waals surface area contributed by atoms with Crippen LogP contribution in [-0.4, -0.2) is 35.3 Å². The van der Waals surface area contributed by atoms with Crippen molar-refractivity contribution in [3.05, 3.63) is 11.9 Å². The molecule has 1 fully saturated rings. The monoisotopic (exact) mass is 278 g/mol. The molecule has 5 nitrogen and oxygen atoms in total. The molecule has 0 unspecified atom stereocenters. The fraction of sp³-hybridized carbons (Fsp3) is 0.733. The second-order valence-corrected chi connectivity index (χ2v) is 5.74. The SMILES string of the molecule is CCC(CC)(CO)CNc1cc(NC)nc(C2CC2)n1. The van der Waals surface area contributed by atoms with Crippen LogP contribution in [0.25, 0.3) is 0 Å². The Labute approximate surface area is 121 Å². The van der Waals surface area contributed by atoms with Crippen molar-refractivity contribution >= 4 is 11.6 Å². The topological polar surface area (TPSA) is 70.1 Å². The number of hydrogen-bond acceptors (Lipinski definition) is 5. The third-order valence-corrected chi connectivity index (χ3v) is 4.42. The van der Waals surface area contributed by atoms with Crippen LogP contribution in [0.4, 0.5) is 11.6 Å². The van der Waals surface area contributed by atoms with Crippen LogP contribution >= 0.6 is 0 Å². The number of nitrogens with one attached hydrogen (secondary N) is 2. The van der Waals surface area contributed by atoms with Gasteiger partial charge in [0.2, 0.25) is 0 Å². The van der Waals surface area contributed by atoms with Gasteiger partial charge in [-0.15, -0.1) is 0 Å². The fourth-order valence-electron chi connectivity index (χ4n) is 2.27. The Morgan fingerprint density at radius 3 is 2.40 bits per heavy atom. The van der Waals surface area contributed by atoms with Crippen LogP contribution in [0.3, 0.4) is 0 Å². The van der Waals surface area contributed by atoms with Crippen molar-refractivity contribution in [2.45, 2.75) is 45.4 Å². The van der Waals surface area contributed by atoms with Crippen molar-refractivity contribution in [2.24, 2.45) is 5.41 Å². The maximum absolute atomic E-state index is 9.62. The van der Waals surface area contributed by atoms with Gasteiger partial charge >= 0.3 is 0 Å². The first-order valence-electron chi connectivity index (χ1n) is 7.58. The summed E-state index contributed by atoms with van der Waals surface area (Å²) < 4.78 is 0. The van der Waals surface area contributed by atoms with Crippen LogP contribution in [0.2, 0.25) is 0 Å². The zero-order chi connectivity index (χ0) is 14.6. The van der Waals surface area contributed by atoms with Crippen molar-refractivity contribution < 1.29 is 5.11 Å². The van der Waals surface area contributed by atoms with E-state index in [0.717, 1.165) is 36.8 Å². The van der Waals surface area contributed by atoms with E-state index in [-0.39, 0.29) is 12.0 Å². The number of nitrogens with zero attached hydrogens (tertiary/aromatic N) is 2. The molecule has 2 rings (SSSR count). The molecule has 1 aromatic heterocycles. The molecule has 0 bridgehead atoms. The van der Waals surface area contributed by atoms with E-state index in [1.165, 1.54) is 12.8 Å². The number of hydrogen-bond donors (Lipinski definition) is 3. The second kappa shape index (κ2) is 6.39. The number of anilines is 2. The van der Waals surface area contributed by atoms with Crippen LogP contribution in [-0.2, 0) is 0 Å². The van der Waals surface area contributed by atoms with Gasteiger partial charge in [0.05, 0.1) is 6.61 Å². The zero-order valence-electron chi connectivity index (χ0n) is 12.7. The molecule has 1 aromatic rings. The minimum atomic E-state index is -0.0650. The van der Waals surface area contributed by atoms with Gasteiger partial charge in [-0.25, -0.2) is 9.97 Å². The highest BCUT2D eigenvalue weighted by atomic mass is 16.3. The summed E-state index contributed by atoms with van der Waals surface area (Å²) >= 11 is 0. The van der Waals surface area contributed by atoms with E-state index in [4.69, 9.17) is 0 Å². The number of aromatic nitrogens is 2. The molecular weight excluding hydrogens is 252 g/mol. The molecule has 0 amide bonds. The number of aliphatic hydroxyl groups is 1. The van der Waals surface area contributed by atoms with Crippen LogP contribution in [0.15, 0.2) is 6.07 Å². The van der Waals surface area contributed by atoms with Crippen molar-refractivity contribution in [1.29, 1.82) is 0 Å². The van der Waals surface area contributed by atoms with Crippen molar-refractivity contribution in [1.82, 2.24) is 9.97 Å². The molecule has 0 atom stereocenters. The molecular formula is C15H26N4O. The van der Waals surface area contributed by atoms with E-state index >= 15 is 0 Å². The summed E-state index contributed by atoms with van der Waals surface area (Å²) in [5, 5.41) is 16.1. The molecule has 1 saturated carbocycles. The lowest BCUT2D eigenvalue weighted by molar-refractivity contribution is 0.127. The van der Waals surface area contributed by atoms with Crippen molar-refractivity contribution in [2.75, 3.05) is 30.8 Å². The van der Waals surface area contributed by atoms with Gasteiger partial charge in [0.15, 0.2) is 0 Å². The predicted molar refractivity (Wildman–Crippen MR) is 82.1 cm³/mol. The Bertz CT molecular complexity index is 433. The van der Waals surface area contributed by atoms with Gasteiger partial charge in [-0.1, -0.05) is 13.8 Å². The fourth-order valence-corrected chi connectivity index (χ4v) is 2.27. The normalized spacial score (nSPS) is 15.2. The molecule has 112 valence electrons. The molecule has 0 spiro atoms. The van der Waals surface area contributed by atoms with Crippen molar-refractivity contribution in [3.8, 4) is 0 Å². The van der Waals surface area contributed by atoms with Crippen LogP contribution in [0.5, 0.6) is 0 Å². The highest BCUT2D eigenvalue weighted by Gasteiger charge is 2.28. The first-order valence-corrected chi connectivity index (χ1v) is 7.58. The predicted octanol–water partition coefficient (Wildman–Crippen LogP) is 2.61. The highest BCUT2D eigenvalue weighted by molar-refractivity contribution is 5.48. The van der Waals surface area contributed by atoms with E-state index in [1.54, 1.807) is 0 Å². The van der Waals surface area contributed by atoms with E-state index in [1.807, 2.05) is 13.1 Å². The maximum atomic E-state index is 9.62. The average Bonchev–Trinajstić information content (AvgIpc) is 3.33. The summed E-state index contributed by atoms with van der Waals surface area (Å²) in [6.45, 7) is 5.18. The molecule has 1 aliphatic carbocycles. The Hall–Kier alpha value is -1.36. The van der Waals surface area contributed by atoms with E-state index < -0.39 is 0 Å². The lowest BCUT2D eigenvalue weighted by atomic mass is 9.83. The van der Waals surface area contributed by atoms with Gasteiger partial charge in [-0.3, -0.25) is 0 Å². The molecule has 3 N–H and O–H groups in total. The molecule has 0 aromatic carbocycles. The average molecular weight is 278 g/mol. The van der Waals surface area contributed by atoms with Crippen molar-refractivity contribution in [3.63, 3.8) is 0 Å². The van der Waals surface area contributed by atoms with Gasteiger partial charge in [0, 0.05) is 31.0 Å². The van der Waals surface area contributed by atoms with E-state index in [2.05, 4.69) is 34.4 Å². The highest BCUT2D eigenvalue weighted by Crippen LogP contribution is 2.39. The summed E-state index contributed by atoms with van der Waals surface area (Å²) in [5.41, 5.74) is -0.0650. The molecule has 20 heavy (non-hydrogen) atoms. The lowest BCUT2D eigenvalue weighted by Gasteiger charge is -2.29. The summed E-state index contributed by atoms with van der Waals surface area (Å²) in [5.74, 6) is 3.17. The molecule has 1 aliphatic rings. The third-order valence-electron chi connectivity index (χ3n) is 4.42. The molecule has 5 heteroatoms. The number of rotatable bonds is 8. The lowest BCUT2D eigenvalue weighted by Crippen LogP contribution is -2.32. The van der Waals surface area contributed by atoms with Gasteiger partial charge in [0.1, 0.15) is 17.5 Å². The summed E-state index contributed by atoms with van der Waals surface area (Å²) in [6.07, 6.45) is 4.28. The minimum Gasteiger partial charge on any atom is -0.396 e. The van der Waals surface area contributed by atoms with Gasteiger partial charge in [-0.05, 0) is 25.7 Å². The summed E-state index contributed by atoms with van der Waals surface area (Å²) in [6, 6.07) is 1.93.